The highest BCUT2D eigenvalue weighted by Gasteiger charge is 2.19. The lowest BCUT2D eigenvalue weighted by atomic mass is 10.3. The molecule has 10 heavy (non-hydrogen) atoms. The summed E-state index contributed by atoms with van der Waals surface area (Å²) in [6.45, 7) is 0. The van der Waals surface area contributed by atoms with Gasteiger partial charge in [0.1, 0.15) is 12.0 Å². The molecule has 0 aromatic carbocycles. The Kier molecular flexibility index (Phi) is 1.56. The van der Waals surface area contributed by atoms with E-state index in [2.05, 4.69) is 4.99 Å². The number of rotatable bonds is 0. The maximum Gasteiger partial charge on any atom is 0.235 e. The van der Waals surface area contributed by atoms with E-state index in [0.717, 1.165) is 5.01 Å². The summed E-state index contributed by atoms with van der Waals surface area (Å²) >= 11 is 0. The monoisotopic (exact) mass is 142 g/mol. The van der Waals surface area contributed by atoms with E-state index >= 15 is 0 Å². The van der Waals surface area contributed by atoms with Crippen molar-refractivity contribution < 1.29 is 0 Å². The number of guanidine groups is 1. The predicted molar refractivity (Wildman–Crippen MR) is 38.0 cm³/mol. The van der Waals surface area contributed by atoms with Crippen molar-refractivity contribution in [3.8, 4) is 0 Å². The molecule has 1 aliphatic heterocycles. The maximum absolute atomic E-state index is 7.11. The molecule has 56 valence electrons. The Hall–Kier alpha value is -1.14. The van der Waals surface area contributed by atoms with Crippen LogP contribution in [-0.2, 0) is 0 Å². The molecule has 0 radical (unpaired) electrons. The Morgan fingerprint density at radius 1 is 1.70 bits per heavy atom. The number of nitrogens with one attached hydrogen (secondary N) is 1. The van der Waals surface area contributed by atoms with Crippen LogP contribution in [0.4, 0.5) is 0 Å². The van der Waals surface area contributed by atoms with E-state index < -0.39 is 6.17 Å². The molecule has 1 rings (SSSR count). The molecule has 1 atom stereocenters. The highest BCUT2D eigenvalue weighted by Crippen LogP contribution is 2.00. The van der Waals surface area contributed by atoms with E-state index in [-0.39, 0.29) is 5.96 Å². The molecule has 0 saturated heterocycles. The fraction of sp³-hybridized carbons (Fsp3) is 0.500. The van der Waals surface area contributed by atoms with E-state index in [4.69, 9.17) is 22.7 Å². The SMILES string of the molecule is N=C1N=C(N)CC(N)N1N. The van der Waals surface area contributed by atoms with Crippen LogP contribution in [0, 0.1) is 5.41 Å². The van der Waals surface area contributed by atoms with Gasteiger partial charge in [0.2, 0.25) is 5.96 Å². The Bertz CT molecular complexity index is 184. The van der Waals surface area contributed by atoms with Gasteiger partial charge in [0, 0.05) is 6.42 Å². The van der Waals surface area contributed by atoms with Gasteiger partial charge in [-0.25, -0.2) is 5.84 Å². The first kappa shape index (κ1) is 6.97. The lowest BCUT2D eigenvalue weighted by Crippen LogP contribution is -2.54. The summed E-state index contributed by atoms with van der Waals surface area (Å²) in [6.07, 6.45) is 0.00352. The summed E-state index contributed by atoms with van der Waals surface area (Å²) < 4.78 is 0. The van der Waals surface area contributed by atoms with Crippen LogP contribution in [0.3, 0.4) is 0 Å². The average Bonchev–Trinajstić information content (AvgIpc) is 1.82. The third-order valence-corrected chi connectivity index (χ3v) is 1.27. The van der Waals surface area contributed by atoms with Crippen molar-refractivity contribution in [3.05, 3.63) is 0 Å². The molecule has 0 spiro atoms. The van der Waals surface area contributed by atoms with Gasteiger partial charge in [-0.3, -0.25) is 10.4 Å². The van der Waals surface area contributed by atoms with Crippen molar-refractivity contribution in [1.29, 1.82) is 5.41 Å². The fourth-order valence-electron chi connectivity index (χ4n) is 0.709. The Morgan fingerprint density at radius 3 is 2.80 bits per heavy atom. The second-order valence-electron chi connectivity index (χ2n) is 2.11. The molecule has 6 heteroatoms. The van der Waals surface area contributed by atoms with Crippen LogP contribution in [0.2, 0.25) is 0 Å². The van der Waals surface area contributed by atoms with Crippen molar-refractivity contribution in [2.45, 2.75) is 12.6 Å². The molecule has 7 N–H and O–H groups in total. The van der Waals surface area contributed by atoms with Gasteiger partial charge in [0.15, 0.2) is 0 Å². The zero-order chi connectivity index (χ0) is 7.72. The molecular weight excluding hydrogens is 132 g/mol. The van der Waals surface area contributed by atoms with E-state index in [1.807, 2.05) is 0 Å². The Balaban J connectivity index is 2.79. The highest BCUT2D eigenvalue weighted by atomic mass is 15.5. The van der Waals surface area contributed by atoms with E-state index in [9.17, 15) is 0 Å². The van der Waals surface area contributed by atoms with Gasteiger partial charge < -0.3 is 11.5 Å². The van der Waals surface area contributed by atoms with Crippen molar-refractivity contribution in [3.63, 3.8) is 0 Å². The van der Waals surface area contributed by atoms with Gasteiger partial charge in [-0.1, -0.05) is 0 Å². The summed E-state index contributed by atoms with van der Waals surface area (Å²) in [6, 6.07) is 0. The van der Waals surface area contributed by atoms with Crippen molar-refractivity contribution in [1.82, 2.24) is 5.01 Å². The smallest absolute Gasteiger partial charge is 0.235 e. The molecule has 0 fully saturated rings. The molecule has 1 heterocycles. The summed E-state index contributed by atoms with van der Waals surface area (Å²) in [7, 11) is 0. The quantitative estimate of drug-likeness (QED) is 0.297. The van der Waals surface area contributed by atoms with Gasteiger partial charge in [-0.15, -0.1) is 0 Å². The van der Waals surface area contributed by atoms with E-state index in [0.29, 0.717) is 12.3 Å². The van der Waals surface area contributed by atoms with Crippen molar-refractivity contribution >= 4 is 11.8 Å². The normalized spacial score (nSPS) is 26.6. The largest absolute Gasteiger partial charge is 0.387 e. The standard InChI is InChI=1S/C4H10N6/c5-2-1-3(6)10(8)4(7)9-2/h3H,1,6,8H2,(H3,5,7,9). The first-order chi connectivity index (χ1) is 4.61. The van der Waals surface area contributed by atoms with Crippen LogP contribution in [0.25, 0.3) is 0 Å². The van der Waals surface area contributed by atoms with Gasteiger partial charge in [-0.05, 0) is 0 Å². The first-order valence-electron chi connectivity index (χ1n) is 2.82. The molecule has 0 aromatic rings. The summed E-state index contributed by atoms with van der Waals surface area (Å²) in [5, 5.41) is 8.19. The topological polar surface area (TPSA) is 118 Å². The third-order valence-electron chi connectivity index (χ3n) is 1.27. The Labute approximate surface area is 58.2 Å². The van der Waals surface area contributed by atoms with Crippen LogP contribution in [0.15, 0.2) is 4.99 Å². The lowest BCUT2D eigenvalue weighted by Gasteiger charge is -2.27. The molecule has 0 aliphatic carbocycles. The van der Waals surface area contributed by atoms with E-state index in [1.165, 1.54) is 0 Å². The molecule has 1 aliphatic rings. The number of nitrogens with zero attached hydrogens (tertiary/aromatic N) is 2. The molecule has 0 saturated carbocycles. The summed E-state index contributed by atoms with van der Waals surface area (Å²) in [5.41, 5.74) is 10.8. The van der Waals surface area contributed by atoms with E-state index in [1.54, 1.807) is 0 Å². The maximum atomic E-state index is 7.11. The second kappa shape index (κ2) is 2.24. The zero-order valence-corrected chi connectivity index (χ0v) is 5.41. The predicted octanol–water partition coefficient (Wildman–Crippen LogP) is -1.86. The number of hydrazine groups is 1. The van der Waals surface area contributed by atoms with Gasteiger partial charge >= 0.3 is 0 Å². The minimum Gasteiger partial charge on any atom is -0.387 e. The number of aliphatic imine (C=N–C) groups is 1. The van der Waals surface area contributed by atoms with Gasteiger partial charge in [0.25, 0.3) is 0 Å². The average molecular weight is 142 g/mol. The van der Waals surface area contributed by atoms with Crippen molar-refractivity contribution in [2.24, 2.45) is 22.3 Å². The summed E-state index contributed by atoms with van der Waals surface area (Å²) in [4.78, 5) is 3.61. The molecule has 0 aromatic heterocycles. The lowest BCUT2D eigenvalue weighted by molar-refractivity contribution is 0.321. The van der Waals surface area contributed by atoms with Crippen LogP contribution < -0.4 is 17.3 Å². The molecular formula is C4H10N6. The molecule has 0 amide bonds. The van der Waals surface area contributed by atoms with Crippen LogP contribution in [0.1, 0.15) is 6.42 Å². The second-order valence-corrected chi connectivity index (χ2v) is 2.11. The van der Waals surface area contributed by atoms with Crippen LogP contribution >= 0.6 is 0 Å². The summed E-state index contributed by atoms with van der Waals surface area (Å²) in [5.74, 6) is 5.58. The Morgan fingerprint density at radius 2 is 2.30 bits per heavy atom. The minimum absolute atomic E-state index is 0.0868. The fourth-order valence-corrected chi connectivity index (χ4v) is 0.709. The minimum atomic E-state index is -0.412. The first-order valence-corrected chi connectivity index (χ1v) is 2.82. The zero-order valence-electron chi connectivity index (χ0n) is 5.41. The third kappa shape index (κ3) is 1.07. The number of amidine groups is 1. The van der Waals surface area contributed by atoms with Gasteiger partial charge in [-0.2, -0.15) is 4.99 Å². The van der Waals surface area contributed by atoms with Gasteiger partial charge in [0.05, 0.1) is 0 Å². The number of hydrogen-bond acceptors (Lipinski definition) is 4. The number of nitrogens with two attached hydrogens (primary N) is 3. The molecule has 1 unspecified atom stereocenters. The molecule has 0 bridgehead atoms. The molecule has 6 nitrogen and oxygen atoms in total. The van der Waals surface area contributed by atoms with Crippen molar-refractivity contribution in [2.75, 3.05) is 0 Å². The van der Waals surface area contributed by atoms with Crippen LogP contribution in [-0.4, -0.2) is 23.0 Å². The number of hydrogen-bond donors (Lipinski definition) is 4. The van der Waals surface area contributed by atoms with Crippen LogP contribution in [0.5, 0.6) is 0 Å². The highest BCUT2D eigenvalue weighted by molar-refractivity contribution is 5.96.